The zero-order chi connectivity index (χ0) is 22.4. The molecule has 3 aromatic rings. The third kappa shape index (κ3) is 5.78. The number of nitrogens with one attached hydrogen (secondary N) is 1. The van der Waals surface area contributed by atoms with Crippen LogP contribution < -0.4 is 5.32 Å². The van der Waals surface area contributed by atoms with Gasteiger partial charge in [-0.1, -0.05) is 62.3 Å². The quantitative estimate of drug-likeness (QED) is 0.552. The fourth-order valence-corrected chi connectivity index (χ4v) is 2.94. The number of carbonyl (C=O) groups is 2. The van der Waals surface area contributed by atoms with Gasteiger partial charge in [0, 0.05) is 18.3 Å². The summed E-state index contributed by atoms with van der Waals surface area (Å²) in [5.74, 6) is 0.268. The highest BCUT2D eigenvalue weighted by Crippen LogP contribution is 2.26. The summed E-state index contributed by atoms with van der Waals surface area (Å²) < 4.78 is 10.4. The molecule has 1 N–H and O–H groups in total. The smallest absolute Gasteiger partial charge is 0.340 e. The van der Waals surface area contributed by atoms with Crippen LogP contribution in [0.5, 0.6) is 0 Å². The molecular weight excluding hydrogens is 394 g/mol. The number of ether oxygens (including phenoxy) is 1. The molecule has 0 aliphatic carbocycles. The average Bonchev–Trinajstić information content (AvgIpc) is 3.23. The molecule has 7 nitrogen and oxygen atoms in total. The fourth-order valence-electron chi connectivity index (χ4n) is 2.94. The Morgan fingerprint density at radius 2 is 1.81 bits per heavy atom. The van der Waals surface area contributed by atoms with Gasteiger partial charge in [0.05, 0.1) is 17.9 Å². The molecule has 0 fully saturated rings. The van der Waals surface area contributed by atoms with E-state index in [0.29, 0.717) is 29.4 Å². The van der Waals surface area contributed by atoms with Crippen molar-refractivity contribution >= 4 is 17.6 Å². The van der Waals surface area contributed by atoms with Crippen LogP contribution in [0.2, 0.25) is 0 Å². The highest BCUT2D eigenvalue weighted by molar-refractivity contribution is 6.02. The molecule has 1 aromatic heterocycles. The summed E-state index contributed by atoms with van der Waals surface area (Å²) in [5, 5.41) is 6.77. The predicted octanol–water partition coefficient (Wildman–Crippen LogP) is 4.78. The number of hydrogen-bond acceptors (Lipinski definition) is 6. The maximum Gasteiger partial charge on any atom is 0.340 e. The molecule has 0 saturated carbocycles. The highest BCUT2D eigenvalue weighted by atomic mass is 16.5. The molecule has 0 atom stereocenters. The first-order valence-corrected chi connectivity index (χ1v) is 10.3. The molecule has 0 spiro atoms. The van der Waals surface area contributed by atoms with E-state index in [4.69, 9.17) is 9.26 Å². The van der Waals surface area contributed by atoms with Gasteiger partial charge in [-0.2, -0.15) is 4.98 Å². The topological polar surface area (TPSA) is 94.3 Å². The lowest BCUT2D eigenvalue weighted by Gasteiger charge is -2.12. The van der Waals surface area contributed by atoms with Gasteiger partial charge in [-0.15, -0.1) is 0 Å². The van der Waals surface area contributed by atoms with E-state index in [2.05, 4.69) is 15.5 Å². The van der Waals surface area contributed by atoms with Crippen molar-refractivity contribution in [2.45, 2.75) is 46.0 Å². The van der Waals surface area contributed by atoms with Crippen molar-refractivity contribution in [1.82, 2.24) is 10.1 Å². The molecule has 0 aliphatic heterocycles. The van der Waals surface area contributed by atoms with Crippen LogP contribution in [0, 0.1) is 0 Å². The van der Waals surface area contributed by atoms with Gasteiger partial charge in [0.2, 0.25) is 11.8 Å². The first-order chi connectivity index (χ1) is 14.8. The lowest BCUT2D eigenvalue weighted by molar-refractivity contribution is -0.116. The number of benzene rings is 2. The Bertz CT molecular complexity index is 1050. The lowest BCUT2D eigenvalue weighted by Crippen LogP contribution is -2.16. The molecule has 2 aromatic carbocycles. The zero-order valence-electron chi connectivity index (χ0n) is 18.3. The van der Waals surface area contributed by atoms with Crippen molar-refractivity contribution < 1.29 is 18.8 Å². The van der Waals surface area contributed by atoms with Crippen LogP contribution in [0.1, 0.15) is 56.2 Å². The van der Waals surface area contributed by atoms with Crippen molar-refractivity contribution in [3.05, 3.63) is 65.8 Å². The second-order valence-corrected chi connectivity index (χ2v) is 8.16. The summed E-state index contributed by atoms with van der Waals surface area (Å²) in [5.41, 5.74) is 2.33. The summed E-state index contributed by atoms with van der Waals surface area (Å²) in [6, 6.07) is 15.0. The Morgan fingerprint density at radius 1 is 1.06 bits per heavy atom. The van der Waals surface area contributed by atoms with Crippen molar-refractivity contribution in [2.24, 2.45) is 0 Å². The number of anilines is 1. The highest BCUT2D eigenvalue weighted by Gasteiger charge is 2.21. The number of hydrogen-bond donors (Lipinski definition) is 1. The molecule has 0 saturated heterocycles. The predicted molar refractivity (Wildman–Crippen MR) is 118 cm³/mol. The van der Waals surface area contributed by atoms with Gasteiger partial charge in [0.15, 0.2) is 5.82 Å². The van der Waals surface area contributed by atoms with Crippen LogP contribution in [-0.4, -0.2) is 28.6 Å². The van der Waals surface area contributed by atoms with Gasteiger partial charge in [-0.05, 0) is 30.2 Å². The van der Waals surface area contributed by atoms with Crippen molar-refractivity contribution in [3.8, 4) is 11.1 Å². The number of aromatic nitrogens is 2. The van der Waals surface area contributed by atoms with Crippen LogP contribution in [0.25, 0.3) is 11.1 Å². The van der Waals surface area contributed by atoms with Crippen LogP contribution in [0.3, 0.4) is 0 Å². The molecule has 0 aliphatic rings. The fraction of sp³-hybridized carbons (Fsp3) is 0.333. The number of carbonyl (C=O) groups excluding carboxylic acids is 2. The number of rotatable bonds is 7. The van der Waals surface area contributed by atoms with Gasteiger partial charge < -0.3 is 14.6 Å². The summed E-state index contributed by atoms with van der Waals surface area (Å²) >= 11 is 0. The minimum atomic E-state index is -0.484. The third-order valence-electron chi connectivity index (χ3n) is 4.60. The second kappa shape index (κ2) is 9.55. The third-order valence-corrected chi connectivity index (χ3v) is 4.60. The number of aryl methyl sites for hydroxylation is 1. The standard InChI is InChI=1S/C24H27N3O4/c1-5-30-22(29)18-15-17(16-9-7-6-8-10-16)11-12-19(18)25-20(28)13-14-21-26-23(27-31-21)24(2,3)4/h6-12,15H,5,13-14H2,1-4H3,(H,25,28). The molecule has 1 amide bonds. The van der Waals surface area contributed by atoms with Crippen molar-refractivity contribution in [3.63, 3.8) is 0 Å². The average molecular weight is 421 g/mol. The molecule has 0 unspecified atom stereocenters. The molecule has 0 radical (unpaired) electrons. The maximum atomic E-state index is 12.5. The molecule has 162 valence electrons. The molecule has 3 rings (SSSR count). The lowest BCUT2D eigenvalue weighted by atomic mass is 9.96. The van der Waals surface area contributed by atoms with E-state index in [1.807, 2.05) is 57.2 Å². The van der Waals surface area contributed by atoms with E-state index in [1.165, 1.54) is 0 Å². The van der Waals surface area contributed by atoms with Crippen molar-refractivity contribution in [1.29, 1.82) is 0 Å². The van der Waals surface area contributed by atoms with E-state index < -0.39 is 5.97 Å². The monoisotopic (exact) mass is 421 g/mol. The normalized spacial score (nSPS) is 11.2. The molecule has 1 heterocycles. The Balaban J connectivity index is 1.74. The van der Waals surface area contributed by atoms with Gasteiger partial charge >= 0.3 is 5.97 Å². The van der Waals surface area contributed by atoms with E-state index in [9.17, 15) is 9.59 Å². The minimum absolute atomic E-state index is 0.147. The van der Waals surface area contributed by atoms with Gasteiger partial charge in [0.25, 0.3) is 0 Å². The molecular formula is C24H27N3O4. The molecule has 31 heavy (non-hydrogen) atoms. The molecule has 7 heteroatoms. The largest absolute Gasteiger partial charge is 0.462 e. The zero-order valence-corrected chi connectivity index (χ0v) is 18.3. The second-order valence-electron chi connectivity index (χ2n) is 8.16. The Hall–Kier alpha value is -3.48. The number of esters is 1. The van der Waals surface area contributed by atoms with Crippen LogP contribution in [-0.2, 0) is 21.4 Å². The van der Waals surface area contributed by atoms with Gasteiger partial charge in [0.1, 0.15) is 0 Å². The summed E-state index contributed by atoms with van der Waals surface area (Å²) in [6.07, 6.45) is 0.459. The van der Waals surface area contributed by atoms with E-state index in [1.54, 1.807) is 19.1 Å². The van der Waals surface area contributed by atoms with Crippen LogP contribution in [0.15, 0.2) is 53.1 Å². The van der Waals surface area contributed by atoms with Crippen LogP contribution in [0.4, 0.5) is 5.69 Å². The summed E-state index contributed by atoms with van der Waals surface area (Å²) in [4.78, 5) is 29.4. The number of nitrogens with zero attached hydrogens (tertiary/aromatic N) is 2. The Kier molecular flexibility index (Phi) is 6.84. The van der Waals surface area contributed by atoms with E-state index in [0.717, 1.165) is 11.1 Å². The van der Waals surface area contributed by atoms with E-state index in [-0.39, 0.29) is 24.3 Å². The first-order valence-electron chi connectivity index (χ1n) is 10.3. The number of amides is 1. The molecule has 0 bridgehead atoms. The summed E-state index contributed by atoms with van der Waals surface area (Å²) in [7, 11) is 0. The Labute approximate surface area is 181 Å². The maximum absolute atomic E-state index is 12.5. The van der Waals surface area contributed by atoms with E-state index >= 15 is 0 Å². The van der Waals surface area contributed by atoms with Crippen molar-refractivity contribution in [2.75, 3.05) is 11.9 Å². The van der Waals surface area contributed by atoms with Gasteiger partial charge in [-0.3, -0.25) is 4.79 Å². The van der Waals surface area contributed by atoms with Gasteiger partial charge in [-0.25, -0.2) is 4.79 Å². The van der Waals surface area contributed by atoms with Crippen LogP contribution >= 0.6 is 0 Å². The summed E-state index contributed by atoms with van der Waals surface area (Å²) in [6.45, 7) is 7.96. The minimum Gasteiger partial charge on any atom is -0.462 e. The first kappa shape index (κ1) is 22.2. The Morgan fingerprint density at radius 3 is 2.45 bits per heavy atom. The SMILES string of the molecule is CCOC(=O)c1cc(-c2ccccc2)ccc1NC(=O)CCc1nc(C(C)(C)C)no1.